The van der Waals surface area contributed by atoms with Crippen molar-refractivity contribution in [2.45, 2.75) is 0 Å². The van der Waals surface area contributed by atoms with E-state index in [0.717, 1.165) is 22.2 Å². The molecule has 4 heteroatoms. The SMILES string of the molecule is COc1cc(N=C(N)CCl)cc2ccccc12. The first kappa shape index (κ1) is 11.7. The highest BCUT2D eigenvalue weighted by Crippen LogP contribution is 2.31. The summed E-state index contributed by atoms with van der Waals surface area (Å²) in [5, 5.41) is 2.12. The van der Waals surface area contributed by atoms with Gasteiger partial charge in [0.2, 0.25) is 0 Å². The van der Waals surface area contributed by atoms with E-state index in [1.54, 1.807) is 7.11 Å². The minimum atomic E-state index is 0.217. The van der Waals surface area contributed by atoms with Crippen LogP contribution in [0.2, 0.25) is 0 Å². The molecule has 0 atom stereocenters. The zero-order chi connectivity index (χ0) is 12.3. The fraction of sp³-hybridized carbons (Fsp3) is 0.154. The number of amidine groups is 1. The number of benzene rings is 2. The molecule has 0 radical (unpaired) electrons. The lowest BCUT2D eigenvalue weighted by Crippen LogP contribution is -2.12. The topological polar surface area (TPSA) is 47.6 Å². The van der Waals surface area contributed by atoms with Crippen LogP contribution in [0.1, 0.15) is 0 Å². The summed E-state index contributed by atoms with van der Waals surface area (Å²) in [4.78, 5) is 4.22. The lowest BCUT2D eigenvalue weighted by Gasteiger charge is -2.07. The zero-order valence-electron chi connectivity index (χ0n) is 9.48. The number of rotatable bonds is 3. The maximum absolute atomic E-state index is 5.62. The number of ether oxygens (including phenoxy) is 1. The van der Waals surface area contributed by atoms with Gasteiger partial charge in [0.15, 0.2) is 0 Å². The minimum Gasteiger partial charge on any atom is -0.496 e. The van der Waals surface area contributed by atoms with Gasteiger partial charge in [-0.05, 0) is 11.5 Å². The molecule has 0 bridgehead atoms. The Morgan fingerprint density at radius 2 is 2.12 bits per heavy atom. The van der Waals surface area contributed by atoms with Gasteiger partial charge in [-0.2, -0.15) is 0 Å². The van der Waals surface area contributed by atoms with E-state index >= 15 is 0 Å². The minimum absolute atomic E-state index is 0.217. The van der Waals surface area contributed by atoms with Crippen LogP contribution in [0, 0.1) is 0 Å². The first-order valence-electron chi connectivity index (χ1n) is 5.20. The molecular weight excluding hydrogens is 236 g/mol. The maximum atomic E-state index is 5.62. The molecule has 3 nitrogen and oxygen atoms in total. The molecule has 2 N–H and O–H groups in total. The number of alkyl halides is 1. The van der Waals surface area contributed by atoms with Gasteiger partial charge in [-0.1, -0.05) is 24.3 Å². The van der Waals surface area contributed by atoms with Gasteiger partial charge in [0.05, 0.1) is 18.7 Å². The van der Waals surface area contributed by atoms with Crippen LogP contribution in [0.15, 0.2) is 41.4 Å². The summed E-state index contributed by atoms with van der Waals surface area (Å²) in [5.41, 5.74) is 6.37. The predicted molar refractivity (Wildman–Crippen MR) is 72.5 cm³/mol. The molecule has 2 aromatic rings. The standard InChI is InChI=1S/C13H13ClN2O/c1-17-12-7-10(16-13(15)8-14)6-9-4-2-3-5-11(9)12/h2-7H,8H2,1H3,(H2,15,16). The molecule has 2 rings (SSSR count). The molecule has 2 aromatic carbocycles. The van der Waals surface area contributed by atoms with E-state index in [1.807, 2.05) is 36.4 Å². The predicted octanol–water partition coefficient (Wildman–Crippen LogP) is 3.08. The molecule has 0 spiro atoms. The van der Waals surface area contributed by atoms with Gasteiger partial charge in [0.25, 0.3) is 0 Å². The van der Waals surface area contributed by atoms with Crippen LogP contribution >= 0.6 is 11.6 Å². The number of nitrogens with zero attached hydrogens (tertiary/aromatic N) is 1. The Balaban J connectivity index is 2.60. The van der Waals surface area contributed by atoms with Crippen molar-refractivity contribution >= 4 is 33.9 Å². The number of hydrogen-bond acceptors (Lipinski definition) is 2. The Labute approximate surface area is 105 Å². The number of aliphatic imine (C=N–C) groups is 1. The monoisotopic (exact) mass is 248 g/mol. The van der Waals surface area contributed by atoms with E-state index in [9.17, 15) is 0 Å². The summed E-state index contributed by atoms with van der Waals surface area (Å²) in [7, 11) is 1.64. The summed E-state index contributed by atoms with van der Waals surface area (Å²) in [6.07, 6.45) is 0. The van der Waals surface area contributed by atoms with Gasteiger partial charge in [-0.25, -0.2) is 4.99 Å². The van der Waals surface area contributed by atoms with E-state index in [0.29, 0.717) is 5.84 Å². The summed E-state index contributed by atoms with van der Waals surface area (Å²) in [5.74, 6) is 1.39. The first-order chi connectivity index (χ1) is 8.24. The first-order valence-corrected chi connectivity index (χ1v) is 5.74. The van der Waals surface area contributed by atoms with Gasteiger partial charge < -0.3 is 10.5 Å². The molecule has 0 aliphatic carbocycles. The molecule has 0 amide bonds. The number of hydrogen-bond donors (Lipinski definition) is 1. The van der Waals surface area contributed by atoms with Crippen LogP contribution in [-0.2, 0) is 0 Å². The van der Waals surface area contributed by atoms with Crippen LogP contribution in [0.5, 0.6) is 5.75 Å². The molecule has 0 unspecified atom stereocenters. The average Bonchev–Trinajstić information content (AvgIpc) is 2.37. The normalized spacial score (nSPS) is 11.8. The van der Waals surface area contributed by atoms with Gasteiger partial charge in [0, 0.05) is 11.5 Å². The molecule has 0 aromatic heterocycles. The smallest absolute Gasteiger partial charge is 0.128 e. The van der Waals surface area contributed by atoms with Crippen LogP contribution in [0.4, 0.5) is 5.69 Å². The molecular formula is C13H13ClN2O. The Kier molecular flexibility index (Phi) is 3.49. The summed E-state index contributed by atoms with van der Waals surface area (Å²) in [6, 6.07) is 11.8. The van der Waals surface area contributed by atoms with E-state index in [2.05, 4.69) is 4.99 Å². The molecule has 0 saturated heterocycles. The molecule has 0 aliphatic heterocycles. The molecule has 0 heterocycles. The second kappa shape index (κ2) is 5.06. The highest BCUT2D eigenvalue weighted by Gasteiger charge is 2.03. The summed E-state index contributed by atoms with van der Waals surface area (Å²) < 4.78 is 5.34. The van der Waals surface area contributed by atoms with E-state index in [-0.39, 0.29) is 5.88 Å². The quantitative estimate of drug-likeness (QED) is 0.516. The maximum Gasteiger partial charge on any atom is 0.128 e. The number of nitrogens with two attached hydrogens (primary N) is 1. The second-order valence-corrected chi connectivity index (χ2v) is 3.87. The molecule has 0 aliphatic rings. The third kappa shape index (κ3) is 2.50. The van der Waals surface area contributed by atoms with Crippen molar-refractivity contribution in [1.29, 1.82) is 0 Å². The van der Waals surface area contributed by atoms with Crippen molar-refractivity contribution in [3.8, 4) is 5.75 Å². The fourth-order valence-electron chi connectivity index (χ4n) is 1.69. The number of methoxy groups -OCH3 is 1. The molecule has 0 saturated carbocycles. The lowest BCUT2D eigenvalue weighted by atomic mass is 10.1. The van der Waals surface area contributed by atoms with E-state index in [1.165, 1.54) is 0 Å². The second-order valence-electron chi connectivity index (χ2n) is 3.61. The van der Waals surface area contributed by atoms with Crippen LogP contribution in [0.25, 0.3) is 10.8 Å². The van der Waals surface area contributed by atoms with Crippen LogP contribution in [0.3, 0.4) is 0 Å². The lowest BCUT2D eigenvalue weighted by molar-refractivity contribution is 0.420. The van der Waals surface area contributed by atoms with Crippen molar-refractivity contribution in [2.75, 3.05) is 13.0 Å². The zero-order valence-corrected chi connectivity index (χ0v) is 10.2. The van der Waals surface area contributed by atoms with Gasteiger partial charge in [-0.15, -0.1) is 11.6 Å². The Hall–Kier alpha value is -1.74. The van der Waals surface area contributed by atoms with Gasteiger partial charge >= 0.3 is 0 Å². The van der Waals surface area contributed by atoms with Crippen LogP contribution in [-0.4, -0.2) is 18.8 Å². The van der Waals surface area contributed by atoms with Crippen molar-refractivity contribution < 1.29 is 4.74 Å². The fourth-order valence-corrected chi connectivity index (χ4v) is 1.75. The number of fused-ring (bicyclic) bond motifs is 1. The van der Waals surface area contributed by atoms with Crippen molar-refractivity contribution in [2.24, 2.45) is 10.7 Å². The Morgan fingerprint density at radius 1 is 1.35 bits per heavy atom. The van der Waals surface area contributed by atoms with Gasteiger partial charge in [0.1, 0.15) is 11.6 Å². The number of halogens is 1. The van der Waals surface area contributed by atoms with Crippen molar-refractivity contribution in [3.63, 3.8) is 0 Å². The third-order valence-corrected chi connectivity index (χ3v) is 2.71. The Bertz CT molecular complexity index is 566. The van der Waals surface area contributed by atoms with Gasteiger partial charge in [-0.3, -0.25) is 0 Å². The summed E-state index contributed by atoms with van der Waals surface area (Å²) >= 11 is 5.61. The molecule has 88 valence electrons. The summed E-state index contributed by atoms with van der Waals surface area (Å²) in [6.45, 7) is 0. The average molecular weight is 249 g/mol. The van der Waals surface area contributed by atoms with E-state index in [4.69, 9.17) is 22.1 Å². The Morgan fingerprint density at radius 3 is 2.82 bits per heavy atom. The van der Waals surface area contributed by atoms with Crippen molar-refractivity contribution in [1.82, 2.24) is 0 Å². The highest BCUT2D eigenvalue weighted by atomic mass is 35.5. The molecule has 0 fully saturated rings. The van der Waals surface area contributed by atoms with E-state index < -0.39 is 0 Å². The van der Waals surface area contributed by atoms with Crippen molar-refractivity contribution in [3.05, 3.63) is 36.4 Å². The molecule has 17 heavy (non-hydrogen) atoms. The highest BCUT2D eigenvalue weighted by molar-refractivity contribution is 6.28. The third-order valence-electron chi connectivity index (χ3n) is 2.44. The van der Waals surface area contributed by atoms with Crippen LogP contribution < -0.4 is 10.5 Å². The largest absolute Gasteiger partial charge is 0.496 e.